The molecule has 142 valence electrons. The van der Waals surface area contributed by atoms with E-state index < -0.39 is 15.9 Å². The summed E-state index contributed by atoms with van der Waals surface area (Å²) in [6.07, 6.45) is -0.690. The zero-order valence-electron chi connectivity index (χ0n) is 15.1. The summed E-state index contributed by atoms with van der Waals surface area (Å²) in [4.78, 5) is 0.309. The summed E-state index contributed by atoms with van der Waals surface area (Å²) in [5.74, 6) is 0.332. The Bertz CT molecular complexity index is 835. The van der Waals surface area contributed by atoms with Crippen LogP contribution in [0.2, 0.25) is 5.02 Å². The summed E-state index contributed by atoms with van der Waals surface area (Å²) in [7, 11) is -3.64. The van der Waals surface area contributed by atoms with Gasteiger partial charge in [0.05, 0.1) is 14.8 Å². The average Bonchev–Trinajstić information content (AvgIpc) is 2.59. The second-order valence-electron chi connectivity index (χ2n) is 6.44. The molecule has 0 saturated carbocycles. The largest absolute Gasteiger partial charge is 0.489 e. The molecule has 2 rings (SSSR count). The highest BCUT2D eigenvalue weighted by Gasteiger charge is 2.19. The van der Waals surface area contributed by atoms with Gasteiger partial charge in [-0.1, -0.05) is 43.1 Å². The second-order valence-corrected chi connectivity index (χ2v) is 8.79. The van der Waals surface area contributed by atoms with Crippen molar-refractivity contribution in [3.63, 3.8) is 0 Å². The minimum atomic E-state index is -3.64. The third kappa shape index (κ3) is 5.45. The maximum atomic E-state index is 12.7. The maximum absolute atomic E-state index is 12.7. The van der Waals surface area contributed by atoms with Crippen LogP contribution >= 0.6 is 11.6 Å². The Morgan fingerprint density at radius 2 is 1.73 bits per heavy atom. The maximum Gasteiger partial charge on any atom is 0.206 e. The molecule has 0 saturated heterocycles. The molecule has 5 nitrogen and oxygen atoms in total. The van der Waals surface area contributed by atoms with Crippen molar-refractivity contribution >= 4 is 21.4 Å². The van der Waals surface area contributed by atoms with E-state index in [2.05, 4.69) is 5.32 Å². The first kappa shape index (κ1) is 20.7. The first-order chi connectivity index (χ1) is 12.2. The van der Waals surface area contributed by atoms with Crippen LogP contribution in [0.3, 0.4) is 0 Å². The number of aliphatic hydroxyl groups excluding tert-OH is 1. The van der Waals surface area contributed by atoms with Crippen LogP contribution < -0.4 is 10.1 Å². The highest BCUT2D eigenvalue weighted by atomic mass is 35.5. The molecule has 0 fully saturated rings. The monoisotopic (exact) mass is 397 g/mol. The van der Waals surface area contributed by atoms with E-state index in [0.717, 1.165) is 5.56 Å². The Labute approximate surface area is 159 Å². The molecule has 0 amide bonds. The van der Waals surface area contributed by atoms with Gasteiger partial charge >= 0.3 is 0 Å². The van der Waals surface area contributed by atoms with E-state index in [-0.39, 0.29) is 27.5 Å². The van der Waals surface area contributed by atoms with E-state index >= 15 is 0 Å². The molecule has 0 aliphatic rings. The van der Waals surface area contributed by atoms with Gasteiger partial charge in [0.25, 0.3) is 0 Å². The van der Waals surface area contributed by atoms with Gasteiger partial charge in [-0.05, 0) is 37.3 Å². The summed E-state index contributed by atoms with van der Waals surface area (Å²) in [5.41, 5.74) is 0.983. The van der Waals surface area contributed by atoms with Crippen molar-refractivity contribution in [2.45, 2.75) is 42.7 Å². The molecule has 2 aromatic rings. The van der Waals surface area contributed by atoms with Crippen molar-refractivity contribution in [3.05, 3.63) is 53.1 Å². The molecule has 1 atom stereocenters. The lowest BCUT2D eigenvalue weighted by molar-refractivity contribution is 0.104. The van der Waals surface area contributed by atoms with Crippen LogP contribution in [0, 0.1) is 6.92 Å². The molecule has 0 aliphatic carbocycles. The van der Waals surface area contributed by atoms with Crippen molar-refractivity contribution in [3.8, 4) is 5.75 Å². The highest BCUT2D eigenvalue weighted by molar-refractivity contribution is 7.91. The van der Waals surface area contributed by atoms with Gasteiger partial charge in [0.2, 0.25) is 9.84 Å². The van der Waals surface area contributed by atoms with Gasteiger partial charge in [0.1, 0.15) is 18.5 Å². The molecule has 2 N–H and O–H groups in total. The average molecular weight is 398 g/mol. The smallest absolute Gasteiger partial charge is 0.206 e. The molecule has 26 heavy (non-hydrogen) atoms. The Hall–Kier alpha value is -1.60. The van der Waals surface area contributed by atoms with Crippen molar-refractivity contribution in [2.24, 2.45) is 0 Å². The summed E-state index contributed by atoms with van der Waals surface area (Å²) >= 11 is 6.17. The predicted molar refractivity (Wildman–Crippen MR) is 103 cm³/mol. The lowest BCUT2D eigenvalue weighted by atomic mass is 10.2. The Kier molecular flexibility index (Phi) is 7.06. The van der Waals surface area contributed by atoms with Crippen molar-refractivity contribution < 1.29 is 18.3 Å². The van der Waals surface area contributed by atoms with Gasteiger partial charge in [-0.2, -0.15) is 0 Å². The van der Waals surface area contributed by atoms with Gasteiger partial charge in [-0.3, -0.25) is 0 Å². The summed E-state index contributed by atoms with van der Waals surface area (Å²) in [5, 5.41) is 13.2. The quantitative estimate of drug-likeness (QED) is 0.715. The van der Waals surface area contributed by atoms with E-state index in [1.807, 2.05) is 20.8 Å². The molecule has 0 radical (unpaired) electrons. The van der Waals surface area contributed by atoms with Crippen molar-refractivity contribution in [1.29, 1.82) is 0 Å². The minimum absolute atomic E-state index is 0.0590. The van der Waals surface area contributed by atoms with E-state index in [1.54, 1.807) is 24.3 Å². The van der Waals surface area contributed by atoms with Gasteiger partial charge in [-0.15, -0.1) is 0 Å². The van der Waals surface area contributed by atoms with E-state index in [1.165, 1.54) is 18.2 Å². The third-order valence-electron chi connectivity index (χ3n) is 3.74. The van der Waals surface area contributed by atoms with Gasteiger partial charge in [0, 0.05) is 12.6 Å². The van der Waals surface area contributed by atoms with Crippen LogP contribution in [0.25, 0.3) is 0 Å². The van der Waals surface area contributed by atoms with Crippen LogP contribution in [-0.4, -0.2) is 38.8 Å². The molecule has 7 heteroatoms. The van der Waals surface area contributed by atoms with Gasteiger partial charge in [-0.25, -0.2) is 8.42 Å². The number of rotatable bonds is 8. The zero-order valence-corrected chi connectivity index (χ0v) is 16.6. The number of sulfone groups is 1. The number of ether oxygens (including phenoxy) is 1. The molecule has 2 aromatic carbocycles. The molecule has 0 heterocycles. The summed E-state index contributed by atoms with van der Waals surface area (Å²) in [6, 6.07) is 11.2. The number of aryl methyl sites for hydroxylation is 1. The number of hydrogen-bond donors (Lipinski definition) is 2. The second kappa shape index (κ2) is 8.86. The first-order valence-corrected chi connectivity index (χ1v) is 10.2. The van der Waals surface area contributed by atoms with E-state index in [4.69, 9.17) is 16.3 Å². The number of benzene rings is 2. The predicted octanol–water partition coefficient (Wildman–Crippen LogP) is 3.22. The first-order valence-electron chi connectivity index (χ1n) is 8.35. The molecular weight excluding hydrogens is 374 g/mol. The highest BCUT2D eigenvalue weighted by Crippen LogP contribution is 2.30. The molecule has 0 aliphatic heterocycles. The minimum Gasteiger partial charge on any atom is -0.489 e. The van der Waals surface area contributed by atoms with Crippen LogP contribution in [0.5, 0.6) is 5.75 Å². The normalized spacial score (nSPS) is 13.0. The lowest BCUT2D eigenvalue weighted by Gasteiger charge is -2.16. The number of halogens is 1. The van der Waals surface area contributed by atoms with E-state index in [0.29, 0.717) is 12.3 Å². The zero-order chi connectivity index (χ0) is 19.3. The number of hydrogen-bond acceptors (Lipinski definition) is 5. The molecular formula is C19H24ClNO4S. The lowest BCUT2D eigenvalue weighted by Crippen LogP contribution is -2.35. The number of aliphatic hydroxyl groups is 1. The number of nitrogens with one attached hydrogen (secondary N) is 1. The molecule has 0 spiro atoms. The Balaban J connectivity index is 2.10. The van der Waals surface area contributed by atoms with Crippen LogP contribution in [0.4, 0.5) is 0 Å². The van der Waals surface area contributed by atoms with Gasteiger partial charge in [0.15, 0.2) is 0 Å². The van der Waals surface area contributed by atoms with E-state index in [9.17, 15) is 13.5 Å². The SMILES string of the molecule is Cc1ccc(S(=O)(=O)c2ccc(OCC(O)CNC(C)C)c(Cl)c2)cc1. The Morgan fingerprint density at radius 3 is 2.31 bits per heavy atom. The molecule has 0 bridgehead atoms. The van der Waals surface area contributed by atoms with Crippen molar-refractivity contribution in [2.75, 3.05) is 13.2 Å². The Morgan fingerprint density at radius 1 is 1.12 bits per heavy atom. The molecule has 0 aromatic heterocycles. The van der Waals surface area contributed by atoms with Crippen molar-refractivity contribution in [1.82, 2.24) is 5.32 Å². The fraction of sp³-hybridized carbons (Fsp3) is 0.368. The summed E-state index contributed by atoms with van der Waals surface area (Å²) in [6.45, 7) is 6.32. The standard InChI is InChI=1S/C19H24ClNO4S/c1-13(2)21-11-15(22)12-25-19-9-8-17(10-18(19)20)26(23,24)16-6-4-14(3)5-7-16/h4-10,13,15,21-22H,11-12H2,1-3H3. The van der Waals surface area contributed by atoms with Gasteiger partial charge < -0.3 is 15.2 Å². The topological polar surface area (TPSA) is 75.6 Å². The van der Waals surface area contributed by atoms with Crippen LogP contribution in [0.15, 0.2) is 52.3 Å². The summed E-state index contributed by atoms with van der Waals surface area (Å²) < 4.78 is 30.9. The molecule has 1 unspecified atom stereocenters. The van der Waals surface area contributed by atoms with Crippen LogP contribution in [-0.2, 0) is 9.84 Å². The third-order valence-corrected chi connectivity index (χ3v) is 5.80. The van der Waals surface area contributed by atoms with Crippen LogP contribution in [0.1, 0.15) is 19.4 Å². The fourth-order valence-electron chi connectivity index (χ4n) is 2.24. The fourth-order valence-corrected chi connectivity index (χ4v) is 3.82.